The van der Waals surface area contributed by atoms with Crippen LogP contribution >= 0.6 is 0 Å². The highest BCUT2D eigenvalue weighted by atomic mass is 16.5. The molecule has 0 radical (unpaired) electrons. The third-order valence-corrected chi connectivity index (χ3v) is 2.38. The molecule has 0 fully saturated rings. The van der Waals surface area contributed by atoms with Crippen LogP contribution in [0.15, 0.2) is 24.3 Å². The van der Waals surface area contributed by atoms with Crippen molar-refractivity contribution in [3.05, 3.63) is 29.8 Å². The number of benzene rings is 1. The summed E-state index contributed by atoms with van der Waals surface area (Å²) >= 11 is 0. The second kappa shape index (κ2) is 7.41. The predicted molar refractivity (Wildman–Crippen MR) is 71.1 cm³/mol. The first kappa shape index (κ1) is 15.0. The van der Waals surface area contributed by atoms with Gasteiger partial charge in [-0.25, -0.2) is 0 Å². The van der Waals surface area contributed by atoms with Crippen molar-refractivity contribution >= 4 is 11.9 Å². The molecule has 1 rings (SSSR count). The van der Waals surface area contributed by atoms with Crippen LogP contribution in [0.5, 0.6) is 5.75 Å². The summed E-state index contributed by atoms with van der Waals surface area (Å²) in [4.78, 5) is 22.2. The van der Waals surface area contributed by atoms with Gasteiger partial charge in [0, 0.05) is 12.1 Å². The van der Waals surface area contributed by atoms with Gasteiger partial charge in [0.1, 0.15) is 5.75 Å². The molecule has 1 amide bonds. The van der Waals surface area contributed by atoms with Crippen LogP contribution < -0.4 is 10.1 Å². The average molecular weight is 265 g/mol. The van der Waals surface area contributed by atoms with E-state index in [1.165, 1.54) is 0 Å². The number of aliphatic carboxylic acids is 1. The number of ether oxygens (including phenoxy) is 1. The van der Waals surface area contributed by atoms with Gasteiger partial charge in [0.05, 0.1) is 6.42 Å². The Hall–Kier alpha value is -2.04. The maximum absolute atomic E-state index is 11.5. The number of para-hydroxylation sites is 1. The Labute approximate surface area is 112 Å². The van der Waals surface area contributed by atoms with E-state index in [-0.39, 0.29) is 18.9 Å². The number of amides is 1. The SMILES string of the molecule is CC(C)CNC(=O)COc1ccccc1CC(=O)O. The second-order valence-corrected chi connectivity index (χ2v) is 4.66. The molecule has 104 valence electrons. The summed E-state index contributed by atoms with van der Waals surface area (Å²) < 4.78 is 5.36. The molecule has 5 nitrogen and oxygen atoms in total. The van der Waals surface area contributed by atoms with Crippen LogP contribution in [0.25, 0.3) is 0 Å². The van der Waals surface area contributed by atoms with Crippen LogP contribution in [-0.2, 0) is 16.0 Å². The lowest BCUT2D eigenvalue weighted by molar-refractivity contribution is -0.136. The Kier molecular flexibility index (Phi) is 5.85. The number of rotatable bonds is 7. The van der Waals surface area contributed by atoms with E-state index in [0.717, 1.165) is 0 Å². The molecule has 0 saturated heterocycles. The van der Waals surface area contributed by atoms with Gasteiger partial charge in [0.25, 0.3) is 5.91 Å². The first-order chi connectivity index (χ1) is 8.99. The summed E-state index contributed by atoms with van der Waals surface area (Å²) in [6.07, 6.45) is -0.121. The number of hydrogen-bond donors (Lipinski definition) is 2. The molecule has 0 atom stereocenters. The van der Waals surface area contributed by atoms with Crippen LogP contribution in [0.2, 0.25) is 0 Å². The van der Waals surface area contributed by atoms with Gasteiger partial charge in [0.15, 0.2) is 6.61 Å². The van der Waals surface area contributed by atoms with Crippen molar-refractivity contribution in [2.45, 2.75) is 20.3 Å². The van der Waals surface area contributed by atoms with E-state index in [1.54, 1.807) is 24.3 Å². The van der Waals surface area contributed by atoms with Gasteiger partial charge in [-0.1, -0.05) is 32.0 Å². The molecule has 5 heteroatoms. The molecule has 0 aliphatic carbocycles. The number of carboxylic acids is 1. The van der Waals surface area contributed by atoms with Crippen LogP contribution in [0.1, 0.15) is 19.4 Å². The summed E-state index contributed by atoms with van der Waals surface area (Å²) in [5.74, 6) is -0.327. The Balaban J connectivity index is 2.52. The molecular weight excluding hydrogens is 246 g/mol. The molecule has 0 unspecified atom stereocenters. The monoisotopic (exact) mass is 265 g/mol. The van der Waals surface area contributed by atoms with Gasteiger partial charge >= 0.3 is 5.97 Å². The first-order valence-corrected chi connectivity index (χ1v) is 6.18. The molecule has 0 aliphatic rings. The average Bonchev–Trinajstić information content (AvgIpc) is 2.34. The summed E-state index contributed by atoms with van der Waals surface area (Å²) in [6, 6.07) is 6.82. The highest BCUT2D eigenvalue weighted by Crippen LogP contribution is 2.18. The van der Waals surface area contributed by atoms with Gasteiger partial charge in [-0.15, -0.1) is 0 Å². The third-order valence-electron chi connectivity index (χ3n) is 2.38. The lowest BCUT2D eigenvalue weighted by Gasteiger charge is -2.11. The molecular formula is C14H19NO4. The molecule has 1 aromatic rings. The van der Waals surface area contributed by atoms with Crippen molar-refractivity contribution in [1.29, 1.82) is 0 Å². The normalized spacial score (nSPS) is 10.3. The van der Waals surface area contributed by atoms with E-state index in [0.29, 0.717) is 23.8 Å². The number of carboxylic acid groups (broad SMARTS) is 1. The van der Waals surface area contributed by atoms with Crippen LogP contribution in [0.4, 0.5) is 0 Å². The molecule has 0 spiro atoms. The van der Waals surface area contributed by atoms with E-state index >= 15 is 0 Å². The fourth-order valence-electron chi connectivity index (χ4n) is 1.47. The summed E-state index contributed by atoms with van der Waals surface area (Å²) in [5.41, 5.74) is 0.562. The third kappa shape index (κ3) is 5.90. The number of carbonyl (C=O) groups is 2. The summed E-state index contributed by atoms with van der Waals surface area (Å²) in [7, 11) is 0. The van der Waals surface area contributed by atoms with Crippen LogP contribution in [-0.4, -0.2) is 30.1 Å². The van der Waals surface area contributed by atoms with Gasteiger partial charge in [-0.05, 0) is 12.0 Å². The highest BCUT2D eigenvalue weighted by molar-refractivity contribution is 5.77. The molecule has 0 aliphatic heterocycles. The number of hydrogen-bond acceptors (Lipinski definition) is 3. The van der Waals surface area contributed by atoms with Gasteiger partial charge in [0.2, 0.25) is 0 Å². The zero-order chi connectivity index (χ0) is 14.3. The maximum atomic E-state index is 11.5. The van der Waals surface area contributed by atoms with E-state index in [9.17, 15) is 9.59 Å². The fourth-order valence-corrected chi connectivity index (χ4v) is 1.47. The van der Waals surface area contributed by atoms with E-state index in [2.05, 4.69) is 5.32 Å². The van der Waals surface area contributed by atoms with Crippen molar-refractivity contribution in [3.8, 4) is 5.75 Å². The molecule has 0 heterocycles. The minimum atomic E-state index is -0.930. The first-order valence-electron chi connectivity index (χ1n) is 6.18. The molecule has 2 N–H and O–H groups in total. The zero-order valence-corrected chi connectivity index (χ0v) is 11.2. The van der Waals surface area contributed by atoms with Gasteiger partial charge in [-0.2, -0.15) is 0 Å². The largest absolute Gasteiger partial charge is 0.483 e. The minimum Gasteiger partial charge on any atom is -0.483 e. The summed E-state index contributed by atoms with van der Waals surface area (Å²) in [6.45, 7) is 4.49. The van der Waals surface area contributed by atoms with E-state index in [1.807, 2.05) is 13.8 Å². The standard InChI is InChI=1S/C14H19NO4/c1-10(2)8-15-13(16)9-19-12-6-4-3-5-11(12)7-14(17)18/h3-6,10H,7-9H2,1-2H3,(H,15,16)(H,17,18). The highest BCUT2D eigenvalue weighted by Gasteiger charge is 2.09. The lowest BCUT2D eigenvalue weighted by atomic mass is 10.1. The fraction of sp³-hybridized carbons (Fsp3) is 0.429. The lowest BCUT2D eigenvalue weighted by Crippen LogP contribution is -2.31. The van der Waals surface area contributed by atoms with Crippen LogP contribution in [0, 0.1) is 5.92 Å². The van der Waals surface area contributed by atoms with Crippen molar-refractivity contribution in [2.75, 3.05) is 13.2 Å². The van der Waals surface area contributed by atoms with Crippen LogP contribution in [0.3, 0.4) is 0 Å². The molecule has 0 bridgehead atoms. The van der Waals surface area contributed by atoms with Crippen molar-refractivity contribution in [2.24, 2.45) is 5.92 Å². The van der Waals surface area contributed by atoms with E-state index < -0.39 is 5.97 Å². The Bertz CT molecular complexity index is 443. The Morgan fingerprint density at radius 2 is 2.00 bits per heavy atom. The second-order valence-electron chi connectivity index (χ2n) is 4.66. The van der Waals surface area contributed by atoms with Crippen molar-refractivity contribution in [1.82, 2.24) is 5.32 Å². The molecule has 1 aromatic carbocycles. The van der Waals surface area contributed by atoms with Crippen molar-refractivity contribution in [3.63, 3.8) is 0 Å². The number of carbonyl (C=O) groups excluding carboxylic acids is 1. The zero-order valence-electron chi connectivity index (χ0n) is 11.2. The summed E-state index contributed by atoms with van der Waals surface area (Å²) in [5, 5.41) is 11.5. The minimum absolute atomic E-state index is 0.108. The van der Waals surface area contributed by atoms with Gasteiger partial charge < -0.3 is 15.2 Å². The predicted octanol–water partition coefficient (Wildman–Crippen LogP) is 1.46. The quantitative estimate of drug-likeness (QED) is 0.782. The van der Waals surface area contributed by atoms with E-state index in [4.69, 9.17) is 9.84 Å². The van der Waals surface area contributed by atoms with Gasteiger partial charge in [-0.3, -0.25) is 9.59 Å². The molecule has 0 aromatic heterocycles. The Morgan fingerprint density at radius 1 is 1.32 bits per heavy atom. The topological polar surface area (TPSA) is 75.6 Å². The maximum Gasteiger partial charge on any atom is 0.307 e. The molecule has 0 saturated carbocycles. The smallest absolute Gasteiger partial charge is 0.307 e. The van der Waals surface area contributed by atoms with Crippen molar-refractivity contribution < 1.29 is 19.4 Å². The molecule has 19 heavy (non-hydrogen) atoms. The number of nitrogens with one attached hydrogen (secondary N) is 1. The Morgan fingerprint density at radius 3 is 2.63 bits per heavy atom.